The van der Waals surface area contributed by atoms with Crippen molar-refractivity contribution in [3.05, 3.63) is 29.8 Å². The van der Waals surface area contributed by atoms with Crippen molar-refractivity contribution in [2.24, 2.45) is 5.92 Å². The van der Waals surface area contributed by atoms with Gasteiger partial charge >= 0.3 is 0 Å². The lowest BCUT2D eigenvalue weighted by Crippen LogP contribution is -2.50. The van der Waals surface area contributed by atoms with Crippen molar-refractivity contribution in [2.75, 3.05) is 18.4 Å². The van der Waals surface area contributed by atoms with E-state index in [0.29, 0.717) is 13.1 Å². The van der Waals surface area contributed by atoms with Crippen LogP contribution in [0.4, 0.5) is 14.5 Å². The lowest BCUT2D eigenvalue weighted by Gasteiger charge is -2.35. The standard InChI is InChI=1S/C18H25F2N3O2/c1-11(2)17(24)21-13-6-8-23(9-7-13)12(3)18(25)22-14-4-5-15(19)16(20)10-14/h4-5,10-13H,6-9H2,1-3H3,(H,21,24)(H,22,25). The topological polar surface area (TPSA) is 61.4 Å². The Hall–Kier alpha value is -2.02. The molecule has 1 unspecified atom stereocenters. The number of rotatable bonds is 5. The van der Waals surface area contributed by atoms with Crippen LogP contribution < -0.4 is 10.6 Å². The quantitative estimate of drug-likeness (QED) is 0.855. The Morgan fingerprint density at radius 2 is 1.72 bits per heavy atom. The molecule has 0 aromatic heterocycles. The van der Waals surface area contributed by atoms with Gasteiger partial charge in [0.25, 0.3) is 0 Å². The summed E-state index contributed by atoms with van der Waals surface area (Å²) in [5.41, 5.74) is 0.231. The second-order valence-electron chi connectivity index (χ2n) is 6.77. The van der Waals surface area contributed by atoms with Gasteiger partial charge in [0.1, 0.15) is 0 Å². The first kappa shape index (κ1) is 19.3. The fourth-order valence-electron chi connectivity index (χ4n) is 2.79. The van der Waals surface area contributed by atoms with E-state index in [0.717, 1.165) is 25.0 Å². The zero-order chi connectivity index (χ0) is 18.6. The molecule has 1 atom stereocenters. The molecule has 7 heteroatoms. The van der Waals surface area contributed by atoms with Gasteiger partial charge in [-0.3, -0.25) is 14.5 Å². The van der Waals surface area contributed by atoms with Crippen molar-refractivity contribution in [3.8, 4) is 0 Å². The van der Waals surface area contributed by atoms with Gasteiger partial charge < -0.3 is 10.6 Å². The highest BCUT2D eigenvalue weighted by molar-refractivity contribution is 5.94. The minimum atomic E-state index is -0.993. The molecule has 2 N–H and O–H groups in total. The van der Waals surface area contributed by atoms with Crippen LogP contribution >= 0.6 is 0 Å². The largest absolute Gasteiger partial charge is 0.353 e. The van der Waals surface area contributed by atoms with E-state index in [1.807, 2.05) is 18.7 Å². The van der Waals surface area contributed by atoms with Gasteiger partial charge in [0, 0.05) is 36.8 Å². The van der Waals surface area contributed by atoms with E-state index in [1.165, 1.54) is 6.07 Å². The van der Waals surface area contributed by atoms with Crippen LogP contribution in [0.3, 0.4) is 0 Å². The number of piperidine rings is 1. The van der Waals surface area contributed by atoms with Crippen LogP contribution in [0.5, 0.6) is 0 Å². The number of carbonyl (C=O) groups excluding carboxylic acids is 2. The molecule has 138 valence electrons. The summed E-state index contributed by atoms with van der Waals surface area (Å²) >= 11 is 0. The second-order valence-corrected chi connectivity index (χ2v) is 6.77. The summed E-state index contributed by atoms with van der Waals surface area (Å²) in [6.45, 7) is 6.87. The molecule has 2 rings (SSSR count). The number of nitrogens with zero attached hydrogens (tertiary/aromatic N) is 1. The fraction of sp³-hybridized carbons (Fsp3) is 0.556. The molecule has 2 amide bonds. The van der Waals surface area contributed by atoms with Crippen LogP contribution in [-0.4, -0.2) is 41.9 Å². The summed E-state index contributed by atoms with van der Waals surface area (Å²) in [7, 11) is 0. The summed E-state index contributed by atoms with van der Waals surface area (Å²) in [5, 5.41) is 5.62. The number of anilines is 1. The average Bonchev–Trinajstić information content (AvgIpc) is 2.58. The van der Waals surface area contributed by atoms with E-state index in [4.69, 9.17) is 0 Å². The van der Waals surface area contributed by atoms with E-state index >= 15 is 0 Å². The Morgan fingerprint density at radius 1 is 1.08 bits per heavy atom. The van der Waals surface area contributed by atoms with Gasteiger partial charge in [0.2, 0.25) is 11.8 Å². The molecule has 1 aromatic rings. The molecule has 0 spiro atoms. The maximum atomic E-state index is 13.2. The maximum absolute atomic E-state index is 13.2. The van der Waals surface area contributed by atoms with Crippen LogP contribution in [0.25, 0.3) is 0 Å². The molecule has 1 fully saturated rings. The summed E-state index contributed by atoms with van der Waals surface area (Å²) < 4.78 is 26.2. The SMILES string of the molecule is CC(C)C(=O)NC1CCN(C(C)C(=O)Nc2ccc(F)c(F)c2)CC1. The fourth-order valence-corrected chi connectivity index (χ4v) is 2.79. The van der Waals surface area contributed by atoms with Crippen LogP contribution in [0.15, 0.2) is 18.2 Å². The van der Waals surface area contributed by atoms with Crippen molar-refractivity contribution in [2.45, 2.75) is 45.7 Å². The number of likely N-dealkylation sites (tertiary alicyclic amines) is 1. The normalized spacial score (nSPS) is 17.4. The number of amides is 2. The molecular formula is C18H25F2N3O2. The number of halogens is 2. The number of hydrogen-bond donors (Lipinski definition) is 2. The van der Waals surface area contributed by atoms with Gasteiger partial charge in [-0.05, 0) is 31.9 Å². The monoisotopic (exact) mass is 353 g/mol. The highest BCUT2D eigenvalue weighted by Gasteiger charge is 2.27. The van der Waals surface area contributed by atoms with Gasteiger partial charge in [0.05, 0.1) is 6.04 Å². The molecule has 0 aliphatic carbocycles. The van der Waals surface area contributed by atoms with E-state index in [-0.39, 0.29) is 29.5 Å². The highest BCUT2D eigenvalue weighted by atomic mass is 19.2. The summed E-state index contributed by atoms with van der Waals surface area (Å²) in [4.78, 5) is 26.1. The van der Waals surface area contributed by atoms with Crippen molar-refractivity contribution in [3.63, 3.8) is 0 Å². The predicted octanol–water partition coefficient (Wildman–Crippen LogP) is 2.53. The lowest BCUT2D eigenvalue weighted by molar-refractivity contribution is -0.126. The zero-order valence-electron chi connectivity index (χ0n) is 14.8. The first-order valence-corrected chi connectivity index (χ1v) is 8.58. The van der Waals surface area contributed by atoms with Gasteiger partial charge in [-0.1, -0.05) is 13.8 Å². The Morgan fingerprint density at radius 3 is 2.28 bits per heavy atom. The zero-order valence-corrected chi connectivity index (χ0v) is 14.8. The molecule has 1 heterocycles. The van der Waals surface area contributed by atoms with Crippen LogP contribution in [0.2, 0.25) is 0 Å². The molecule has 1 aliphatic rings. The molecule has 0 radical (unpaired) electrons. The van der Waals surface area contributed by atoms with Crippen molar-refractivity contribution in [1.29, 1.82) is 0 Å². The van der Waals surface area contributed by atoms with Crippen molar-refractivity contribution in [1.82, 2.24) is 10.2 Å². The molecule has 0 bridgehead atoms. The Bertz CT molecular complexity index is 629. The Labute approximate surface area is 146 Å². The molecule has 0 saturated carbocycles. The predicted molar refractivity (Wildman–Crippen MR) is 92.0 cm³/mol. The van der Waals surface area contributed by atoms with E-state index in [2.05, 4.69) is 10.6 Å². The highest BCUT2D eigenvalue weighted by Crippen LogP contribution is 2.17. The minimum Gasteiger partial charge on any atom is -0.353 e. The third-order valence-corrected chi connectivity index (χ3v) is 4.51. The van der Waals surface area contributed by atoms with E-state index in [1.54, 1.807) is 6.92 Å². The summed E-state index contributed by atoms with van der Waals surface area (Å²) in [6, 6.07) is 3.02. The third-order valence-electron chi connectivity index (χ3n) is 4.51. The van der Waals surface area contributed by atoms with Gasteiger partial charge in [0.15, 0.2) is 11.6 Å². The molecule has 5 nitrogen and oxygen atoms in total. The van der Waals surface area contributed by atoms with E-state index < -0.39 is 17.7 Å². The molecule has 1 saturated heterocycles. The third kappa shape index (κ3) is 5.22. The van der Waals surface area contributed by atoms with Crippen molar-refractivity contribution < 1.29 is 18.4 Å². The minimum absolute atomic E-state index is 0.0427. The molecule has 25 heavy (non-hydrogen) atoms. The van der Waals surface area contributed by atoms with Gasteiger partial charge in [-0.15, -0.1) is 0 Å². The van der Waals surface area contributed by atoms with E-state index in [9.17, 15) is 18.4 Å². The van der Waals surface area contributed by atoms with Crippen molar-refractivity contribution >= 4 is 17.5 Å². The smallest absolute Gasteiger partial charge is 0.241 e. The Kier molecular flexibility index (Phi) is 6.47. The number of benzene rings is 1. The maximum Gasteiger partial charge on any atom is 0.241 e. The number of nitrogens with one attached hydrogen (secondary N) is 2. The van der Waals surface area contributed by atoms with Gasteiger partial charge in [-0.25, -0.2) is 8.78 Å². The second kappa shape index (κ2) is 8.38. The average molecular weight is 353 g/mol. The van der Waals surface area contributed by atoms with Crippen LogP contribution in [0, 0.1) is 17.6 Å². The number of carbonyl (C=O) groups is 2. The molecule has 1 aromatic carbocycles. The van der Waals surface area contributed by atoms with Crippen LogP contribution in [0.1, 0.15) is 33.6 Å². The van der Waals surface area contributed by atoms with Crippen LogP contribution in [-0.2, 0) is 9.59 Å². The van der Waals surface area contributed by atoms with Gasteiger partial charge in [-0.2, -0.15) is 0 Å². The first-order chi connectivity index (χ1) is 11.8. The number of hydrogen-bond acceptors (Lipinski definition) is 3. The summed E-state index contributed by atoms with van der Waals surface area (Å²) in [5.74, 6) is -2.21. The molecule has 1 aliphatic heterocycles. The molecular weight excluding hydrogens is 328 g/mol. The summed E-state index contributed by atoms with van der Waals surface area (Å²) in [6.07, 6.45) is 1.56. The first-order valence-electron chi connectivity index (χ1n) is 8.58. The Balaban J connectivity index is 1.84. The lowest BCUT2D eigenvalue weighted by atomic mass is 10.0.